The Balaban J connectivity index is 1.89. The first-order chi connectivity index (χ1) is 9.20. The Morgan fingerprint density at radius 3 is 2.53 bits per heavy atom. The van der Waals surface area contributed by atoms with E-state index in [1.54, 1.807) is 4.90 Å². The molecule has 0 spiro atoms. The van der Waals surface area contributed by atoms with E-state index in [1.807, 2.05) is 30.3 Å². The van der Waals surface area contributed by atoms with Crippen molar-refractivity contribution in [3.8, 4) is 0 Å². The first-order valence-corrected chi connectivity index (χ1v) is 6.49. The zero-order valence-corrected chi connectivity index (χ0v) is 10.8. The number of carbonyl (C=O) groups is 1. The summed E-state index contributed by atoms with van der Waals surface area (Å²) in [7, 11) is 0. The number of hydrogen-bond acceptors (Lipinski definition) is 4. The minimum absolute atomic E-state index is 0.0270. The number of likely N-dealkylation sites (tertiary alicyclic amines) is 1. The van der Waals surface area contributed by atoms with Gasteiger partial charge in [-0.2, -0.15) is 0 Å². The molecule has 1 aliphatic rings. The summed E-state index contributed by atoms with van der Waals surface area (Å²) in [5.74, 6) is -0.0270. The van der Waals surface area contributed by atoms with Gasteiger partial charge in [0.2, 0.25) is 5.91 Å². The Kier molecular flexibility index (Phi) is 4.52. The molecule has 1 saturated heterocycles. The first-order valence-electron chi connectivity index (χ1n) is 6.49. The number of carbonyl (C=O) groups excluding carboxylic acids is 1. The molecule has 102 valence electrons. The second-order valence-corrected chi connectivity index (χ2v) is 4.79. The van der Waals surface area contributed by atoms with E-state index in [-0.39, 0.29) is 5.91 Å². The van der Waals surface area contributed by atoms with Crippen molar-refractivity contribution in [2.24, 2.45) is 10.9 Å². The van der Waals surface area contributed by atoms with E-state index in [2.05, 4.69) is 5.16 Å². The van der Waals surface area contributed by atoms with Crippen LogP contribution in [0.3, 0.4) is 0 Å². The van der Waals surface area contributed by atoms with Crippen molar-refractivity contribution < 1.29 is 10.0 Å². The normalized spacial score (nSPS) is 17.1. The standard InChI is InChI=1S/C14H19N3O2/c15-13(10-11-4-2-1-3-5-11)14(18)17-8-6-12(16-19)7-9-17/h1-5,13,19H,6-10,15H2. The maximum atomic E-state index is 12.2. The lowest BCUT2D eigenvalue weighted by molar-refractivity contribution is -0.132. The lowest BCUT2D eigenvalue weighted by Crippen LogP contribution is -2.48. The molecule has 0 saturated carbocycles. The van der Waals surface area contributed by atoms with E-state index >= 15 is 0 Å². The summed E-state index contributed by atoms with van der Waals surface area (Å²) in [4.78, 5) is 13.9. The highest BCUT2D eigenvalue weighted by Crippen LogP contribution is 2.10. The summed E-state index contributed by atoms with van der Waals surface area (Å²) in [6.07, 6.45) is 1.80. The number of rotatable bonds is 3. The molecular formula is C14H19N3O2. The predicted molar refractivity (Wildman–Crippen MR) is 73.2 cm³/mol. The fourth-order valence-corrected chi connectivity index (χ4v) is 2.28. The summed E-state index contributed by atoms with van der Waals surface area (Å²) in [6, 6.07) is 9.27. The molecule has 1 atom stereocenters. The van der Waals surface area contributed by atoms with E-state index in [4.69, 9.17) is 10.9 Å². The molecule has 0 bridgehead atoms. The molecule has 1 heterocycles. The van der Waals surface area contributed by atoms with Gasteiger partial charge in [0, 0.05) is 25.9 Å². The Hall–Kier alpha value is -1.88. The molecule has 1 aliphatic heterocycles. The highest BCUT2D eigenvalue weighted by molar-refractivity contribution is 5.88. The summed E-state index contributed by atoms with van der Waals surface area (Å²) in [5, 5.41) is 11.9. The van der Waals surface area contributed by atoms with E-state index in [1.165, 1.54) is 0 Å². The van der Waals surface area contributed by atoms with E-state index in [0.717, 1.165) is 11.3 Å². The second kappa shape index (κ2) is 6.33. The molecule has 1 aromatic rings. The molecule has 5 nitrogen and oxygen atoms in total. The largest absolute Gasteiger partial charge is 0.411 e. The molecule has 3 N–H and O–H groups in total. The molecule has 19 heavy (non-hydrogen) atoms. The number of amides is 1. The van der Waals surface area contributed by atoms with Crippen LogP contribution in [0, 0.1) is 0 Å². The van der Waals surface area contributed by atoms with Crippen LogP contribution in [0.25, 0.3) is 0 Å². The number of benzene rings is 1. The number of oxime groups is 1. The van der Waals surface area contributed by atoms with Crippen molar-refractivity contribution in [1.29, 1.82) is 0 Å². The number of nitrogens with zero attached hydrogens (tertiary/aromatic N) is 2. The third-order valence-electron chi connectivity index (χ3n) is 3.41. The van der Waals surface area contributed by atoms with Crippen molar-refractivity contribution in [2.75, 3.05) is 13.1 Å². The quantitative estimate of drug-likeness (QED) is 0.629. The molecule has 0 radical (unpaired) electrons. The Morgan fingerprint density at radius 2 is 1.95 bits per heavy atom. The first kappa shape index (κ1) is 13.5. The van der Waals surface area contributed by atoms with E-state index in [0.29, 0.717) is 32.4 Å². The van der Waals surface area contributed by atoms with Gasteiger partial charge in [-0.05, 0) is 12.0 Å². The fraction of sp³-hybridized carbons (Fsp3) is 0.429. The maximum Gasteiger partial charge on any atom is 0.239 e. The fourth-order valence-electron chi connectivity index (χ4n) is 2.28. The second-order valence-electron chi connectivity index (χ2n) is 4.79. The van der Waals surface area contributed by atoms with Gasteiger partial charge in [-0.15, -0.1) is 0 Å². The van der Waals surface area contributed by atoms with Gasteiger partial charge in [0.05, 0.1) is 11.8 Å². The van der Waals surface area contributed by atoms with Crippen molar-refractivity contribution in [3.05, 3.63) is 35.9 Å². The molecule has 0 aliphatic carbocycles. The van der Waals surface area contributed by atoms with Crippen LogP contribution in [0.15, 0.2) is 35.5 Å². The van der Waals surface area contributed by atoms with Crippen LogP contribution in [-0.4, -0.2) is 40.9 Å². The molecule has 2 rings (SSSR count). The van der Waals surface area contributed by atoms with Gasteiger partial charge >= 0.3 is 0 Å². The molecule has 5 heteroatoms. The average molecular weight is 261 g/mol. The zero-order chi connectivity index (χ0) is 13.7. The number of piperidine rings is 1. The molecule has 1 fully saturated rings. The van der Waals surface area contributed by atoms with Crippen LogP contribution in [0.1, 0.15) is 18.4 Å². The van der Waals surface area contributed by atoms with Gasteiger partial charge < -0.3 is 15.8 Å². The predicted octanol–water partition coefficient (Wildman–Crippen LogP) is 1.01. The van der Waals surface area contributed by atoms with E-state index < -0.39 is 6.04 Å². The lowest BCUT2D eigenvalue weighted by atomic mass is 10.0. The van der Waals surface area contributed by atoms with Crippen molar-refractivity contribution >= 4 is 11.6 Å². The minimum Gasteiger partial charge on any atom is -0.411 e. The highest BCUT2D eigenvalue weighted by atomic mass is 16.4. The monoisotopic (exact) mass is 261 g/mol. The molecule has 1 aromatic carbocycles. The van der Waals surface area contributed by atoms with Crippen molar-refractivity contribution in [1.82, 2.24) is 4.90 Å². The Bertz CT molecular complexity index is 449. The lowest BCUT2D eigenvalue weighted by Gasteiger charge is -2.29. The van der Waals surface area contributed by atoms with Crippen LogP contribution in [0.2, 0.25) is 0 Å². The van der Waals surface area contributed by atoms with Crippen molar-refractivity contribution in [2.45, 2.75) is 25.3 Å². The van der Waals surface area contributed by atoms with Gasteiger partial charge in [0.1, 0.15) is 0 Å². The average Bonchev–Trinajstić information content (AvgIpc) is 2.47. The van der Waals surface area contributed by atoms with Crippen LogP contribution in [0.4, 0.5) is 0 Å². The third kappa shape index (κ3) is 3.54. The molecule has 1 unspecified atom stereocenters. The van der Waals surface area contributed by atoms with E-state index in [9.17, 15) is 4.79 Å². The number of hydrogen-bond donors (Lipinski definition) is 2. The van der Waals surface area contributed by atoms with Crippen LogP contribution >= 0.6 is 0 Å². The topological polar surface area (TPSA) is 78.9 Å². The SMILES string of the molecule is NC(Cc1ccccc1)C(=O)N1CCC(=NO)CC1. The van der Waals surface area contributed by atoms with Gasteiger partial charge in [-0.3, -0.25) is 4.79 Å². The highest BCUT2D eigenvalue weighted by Gasteiger charge is 2.24. The van der Waals surface area contributed by atoms with Gasteiger partial charge in [-0.25, -0.2) is 0 Å². The smallest absolute Gasteiger partial charge is 0.239 e. The number of nitrogens with two attached hydrogens (primary N) is 1. The molecular weight excluding hydrogens is 242 g/mol. The Morgan fingerprint density at radius 1 is 1.32 bits per heavy atom. The maximum absolute atomic E-state index is 12.2. The summed E-state index contributed by atoms with van der Waals surface area (Å²) in [5.41, 5.74) is 7.79. The minimum atomic E-state index is -0.505. The summed E-state index contributed by atoms with van der Waals surface area (Å²) < 4.78 is 0. The van der Waals surface area contributed by atoms with Crippen molar-refractivity contribution in [3.63, 3.8) is 0 Å². The Labute approximate surface area is 112 Å². The van der Waals surface area contributed by atoms with Gasteiger partial charge in [0.15, 0.2) is 0 Å². The van der Waals surface area contributed by atoms with Gasteiger partial charge in [0.25, 0.3) is 0 Å². The summed E-state index contributed by atoms with van der Waals surface area (Å²) >= 11 is 0. The van der Waals surface area contributed by atoms with Crippen LogP contribution in [0.5, 0.6) is 0 Å². The molecule has 1 amide bonds. The zero-order valence-electron chi connectivity index (χ0n) is 10.8. The van der Waals surface area contributed by atoms with Gasteiger partial charge in [-0.1, -0.05) is 35.5 Å². The molecule has 0 aromatic heterocycles. The van der Waals surface area contributed by atoms with Crippen LogP contribution in [-0.2, 0) is 11.2 Å². The third-order valence-corrected chi connectivity index (χ3v) is 3.41. The summed E-state index contributed by atoms with van der Waals surface area (Å²) in [6.45, 7) is 1.17. The van der Waals surface area contributed by atoms with Crippen LogP contribution < -0.4 is 5.73 Å².